The maximum Gasteiger partial charge on any atom is 0.178 e. The molecule has 1 aliphatic heterocycles. The Bertz CT molecular complexity index is 461. The van der Waals surface area contributed by atoms with Gasteiger partial charge >= 0.3 is 0 Å². The molecule has 0 saturated carbocycles. The summed E-state index contributed by atoms with van der Waals surface area (Å²) in [6, 6.07) is 2.48. The monoisotopic (exact) mass is 408 g/mol. The molecular formula is C13H18Br2N2OS. The molecule has 1 fully saturated rings. The third-order valence-electron chi connectivity index (χ3n) is 3.54. The highest BCUT2D eigenvalue weighted by Crippen LogP contribution is 2.32. The topological polar surface area (TPSA) is 23.6 Å². The Morgan fingerprint density at radius 1 is 1.53 bits per heavy atom. The number of ketones is 1. The summed E-state index contributed by atoms with van der Waals surface area (Å²) in [7, 11) is 4.23. The summed E-state index contributed by atoms with van der Waals surface area (Å²) in [4.78, 5) is 16.9. The highest BCUT2D eigenvalue weighted by atomic mass is 79.9. The number of piperidine rings is 1. The number of rotatable bonds is 4. The highest BCUT2D eigenvalue weighted by Gasteiger charge is 2.24. The highest BCUT2D eigenvalue weighted by molar-refractivity contribution is 9.12. The third-order valence-corrected chi connectivity index (χ3v) is 5.87. The van der Waals surface area contributed by atoms with Crippen LogP contribution in [0.25, 0.3) is 0 Å². The predicted octanol–water partition coefficient (Wildman–Crippen LogP) is 3.48. The molecule has 2 heterocycles. The van der Waals surface area contributed by atoms with Gasteiger partial charge in [-0.05, 0) is 71.4 Å². The van der Waals surface area contributed by atoms with Crippen LogP contribution in [0, 0.1) is 0 Å². The van der Waals surface area contributed by atoms with Crippen LogP contribution < -0.4 is 0 Å². The zero-order chi connectivity index (χ0) is 14.0. The van der Waals surface area contributed by atoms with Crippen molar-refractivity contribution < 1.29 is 4.79 Å². The molecule has 1 saturated heterocycles. The summed E-state index contributed by atoms with van der Waals surface area (Å²) in [5.74, 6) is 0.202. The van der Waals surface area contributed by atoms with E-state index in [1.165, 1.54) is 12.8 Å². The molecule has 0 amide bonds. The van der Waals surface area contributed by atoms with Gasteiger partial charge in [-0.1, -0.05) is 0 Å². The van der Waals surface area contributed by atoms with Crippen molar-refractivity contribution in [2.24, 2.45) is 0 Å². The van der Waals surface area contributed by atoms with E-state index in [0.29, 0.717) is 12.6 Å². The molecular weight excluding hydrogens is 392 g/mol. The van der Waals surface area contributed by atoms with Crippen molar-refractivity contribution in [3.05, 3.63) is 19.2 Å². The van der Waals surface area contributed by atoms with Gasteiger partial charge in [-0.3, -0.25) is 9.69 Å². The standard InChI is InChI=1S/C13H18Br2N2OS/c1-16(2)9-4-3-5-17(7-9)8-11(18)10-6-12(14)19-13(10)15/h6,9H,3-5,7-8H2,1-2H3. The second-order valence-electron chi connectivity index (χ2n) is 5.16. The normalized spacial score (nSPS) is 21.0. The molecule has 0 aromatic carbocycles. The molecule has 0 spiro atoms. The smallest absolute Gasteiger partial charge is 0.178 e. The van der Waals surface area contributed by atoms with E-state index in [9.17, 15) is 4.79 Å². The molecule has 1 aromatic rings. The number of likely N-dealkylation sites (tertiary alicyclic amines) is 1. The Balaban J connectivity index is 1.97. The molecule has 0 bridgehead atoms. The second-order valence-corrected chi connectivity index (χ2v) is 8.91. The van der Waals surface area contributed by atoms with E-state index in [2.05, 4.69) is 55.8 Å². The molecule has 0 N–H and O–H groups in total. The number of likely N-dealkylation sites (N-methyl/N-ethyl adjacent to an activating group) is 1. The molecule has 0 aliphatic carbocycles. The van der Waals surface area contributed by atoms with Crippen molar-refractivity contribution in [2.45, 2.75) is 18.9 Å². The van der Waals surface area contributed by atoms with Crippen molar-refractivity contribution in [2.75, 3.05) is 33.7 Å². The van der Waals surface area contributed by atoms with Crippen molar-refractivity contribution in [1.82, 2.24) is 9.80 Å². The molecule has 106 valence electrons. The lowest BCUT2D eigenvalue weighted by molar-refractivity contribution is 0.0852. The van der Waals surface area contributed by atoms with Crippen molar-refractivity contribution >= 4 is 49.0 Å². The predicted molar refractivity (Wildman–Crippen MR) is 87.2 cm³/mol. The first-order valence-electron chi connectivity index (χ1n) is 6.34. The van der Waals surface area contributed by atoms with Crippen LogP contribution in [-0.4, -0.2) is 55.4 Å². The number of halogens is 2. The summed E-state index contributed by atoms with van der Waals surface area (Å²) < 4.78 is 1.91. The Labute approximate surface area is 135 Å². The van der Waals surface area contributed by atoms with Gasteiger partial charge in [0.15, 0.2) is 5.78 Å². The molecule has 2 rings (SSSR count). The van der Waals surface area contributed by atoms with Crippen molar-refractivity contribution in [1.29, 1.82) is 0 Å². The van der Waals surface area contributed by atoms with E-state index >= 15 is 0 Å². The number of Topliss-reactive ketones (excluding diaryl/α,β-unsaturated/α-hetero) is 1. The first kappa shape index (κ1) is 15.6. The molecule has 3 nitrogen and oxygen atoms in total. The van der Waals surface area contributed by atoms with E-state index in [0.717, 1.165) is 26.2 Å². The maximum atomic E-state index is 12.3. The van der Waals surface area contributed by atoms with Gasteiger partial charge in [0.25, 0.3) is 0 Å². The summed E-state index contributed by atoms with van der Waals surface area (Å²) in [6.45, 7) is 2.53. The number of nitrogens with zero attached hydrogens (tertiary/aromatic N) is 2. The van der Waals surface area contributed by atoms with Crippen LogP contribution in [0.2, 0.25) is 0 Å². The minimum Gasteiger partial charge on any atom is -0.305 e. The number of thiophene rings is 1. The van der Waals surface area contributed by atoms with Gasteiger partial charge in [-0.2, -0.15) is 0 Å². The van der Waals surface area contributed by atoms with Crippen LogP contribution in [0.1, 0.15) is 23.2 Å². The average Bonchev–Trinajstić information content (AvgIpc) is 2.69. The lowest BCUT2D eigenvalue weighted by Gasteiger charge is -2.35. The van der Waals surface area contributed by atoms with Gasteiger partial charge in [0.05, 0.1) is 14.1 Å². The molecule has 1 unspecified atom stereocenters. The SMILES string of the molecule is CN(C)C1CCCN(CC(=O)c2cc(Br)sc2Br)C1. The molecule has 1 aliphatic rings. The number of hydrogen-bond donors (Lipinski definition) is 0. The van der Waals surface area contributed by atoms with Crippen LogP contribution in [0.5, 0.6) is 0 Å². The molecule has 0 radical (unpaired) electrons. The summed E-state index contributed by atoms with van der Waals surface area (Å²) in [6.07, 6.45) is 2.40. The van der Waals surface area contributed by atoms with E-state index in [1.54, 1.807) is 11.3 Å². The molecule has 6 heteroatoms. The van der Waals surface area contributed by atoms with Crippen LogP contribution in [0.15, 0.2) is 13.6 Å². The van der Waals surface area contributed by atoms with Crippen LogP contribution in [-0.2, 0) is 0 Å². The van der Waals surface area contributed by atoms with Gasteiger partial charge in [-0.15, -0.1) is 11.3 Å². The fourth-order valence-electron chi connectivity index (χ4n) is 2.41. The zero-order valence-electron chi connectivity index (χ0n) is 11.2. The minimum absolute atomic E-state index is 0.202. The summed E-state index contributed by atoms with van der Waals surface area (Å²) >= 11 is 8.43. The van der Waals surface area contributed by atoms with E-state index < -0.39 is 0 Å². The lowest BCUT2D eigenvalue weighted by Crippen LogP contribution is -2.46. The first-order chi connectivity index (χ1) is 8.97. The van der Waals surface area contributed by atoms with Gasteiger partial charge < -0.3 is 4.90 Å². The minimum atomic E-state index is 0.202. The Morgan fingerprint density at radius 3 is 2.84 bits per heavy atom. The van der Waals surface area contributed by atoms with Gasteiger partial charge in [0, 0.05) is 18.2 Å². The fraction of sp³-hybridized carbons (Fsp3) is 0.615. The van der Waals surface area contributed by atoms with E-state index in [1.807, 2.05) is 6.07 Å². The second kappa shape index (κ2) is 6.80. The fourth-order valence-corrected chi connectivity index (χ4v) is 5.27. The zero-order valence-corrected chi connectivity index (χ0v) is 15.1. The number of carbonyl (C=O) groups is 1. The van der Waals surface area contributed by atoms with Crippen molar-refractivity contribution in [3.8, 4) is 0 Å². The number of hydrogen-bond acceptors (Lipinski definition) is 4. The van der Waals surface area contributed by atoms with E-state index in [4.69, 9.17) is 0 Å². The van der Waals surface area contributed by atoms with Crippen LogP contribution in [0.3, 0.4) is 0 Å². The van der Waals surface area contributed by atoms with Crippen molar-refractivity contribution in [3.63, 3.8) is 0 Å². The van der Waals surface area contributed by atoms with E-state index in [-0.39, 0.29) is 5.78 Å². The van der Waals surface area contributed by atoms with Crippen LogP contribution >= 0.6 is 43.2 Å². The summed E-state index contributed by atoms with van der Waals surface area (Å²) in [5.41, 5.74) is 0.795. The first-order valence-corrected chi connectivity index (χ1v) is 8.74. The third kappa shape index (κ3) is 4.11. The average molecular weight is 410 g/mol. The molecule has 19 heavy (non-hydrogen) atoms. The lowest BCUT2D eigenvalue weighted by atomic mass is 10.0. The Hall–Kier alpha value is 0.250. The number of carbonyl (C=O) groups excluding carboxylic acids is 1. The van der Waals surface area contributed by atoms with Crippen LogP contribution in [0.4, 0.5) is 0 Å². The summed E-state index contributed by atoms with van der Waals surface area (Å²) in [5, 5.41) is 0. The molecule has 1 atom stereocenters. The molecule has 1 aromatic heterocycles. The van der Waals surface area contributed by atoms with Gasteiger partial charge in [-0.25, -0.2) is 0 Å². The quantitative estimate of drug-likeness (QED) is 0.711. The maximum absolute atomic E-state index is 12.3. The largest absolute Gasteiger partial charge is 0.305 e. The Morgan fingerprint density at radius 2 is 2.26 bits per heavy atom. The van der Waals surface area contributed by atoms with Gasteiger partial charge in [0.2, 0.25) is 0 Å². The van der Waals surface area contributed by atoms with Gasteiger partial charge in [0.1, 0.15) is 0 Å². The Kier molecular flexibility index (Phi) is 5.60.